The standard InChI is InChI=1S/C14H13NO2S/c16-14(12-9-18-8-7-17-12)11-5-1-3-10-4-2-6-15-13(10)11/h1-6,12H,7-9H2. The number of aromatic nitrogens is 1. The Morgan fingerprint density at radius 2 is 2.22 bits per heavy atom. The van der Waals surface area contributed by atoms with Crippen molar-refractivity contribution in [1.82, 2.24) is 4.98 Å². The summed E-state index contributed by atoms with van der Waals surface area (Å²) in [5.74, 6) is 1.76. The third-order valence-corrected chi connectivity index (χ3v) is 4.00. The van der Waals surface area contributed by atoms with Gasteiger partial charge in [-0.3, -0.25) is 9.78 Å². The van der Waals surface area contributed by atoms with Crippen LogP contribution in [0.4, 0.5) is 0 Å². The van der Waals surface area contributed by atoms with Crippen LogP contribution >= 0.6 is 11.8 Å². The van der Waals surface area contributed by atoms with Crippen molar-refractivity contribution in [2.75, 3.05) is 18.1 Å². The number of pyridine rings is 1. The van der Waals surface area contributed by atoms with Crippen LogP contribution < -0.4 is 0 Å². The average molecular weight is 259 g/mol. The molecule has 0 N–H and O–H groups in total. The smallest absolute Gasteiger partial charge is 0.194 e. The first kappa shape index (κ1) is 11.7. The van der Waals surface area contributed by atoms with E-state index in [2.05, 4.69) is 4.98 Å². The second-order valence-electron chi connectivity index (χ2n) is 4.18. The van der Waals surface area contributed by atoms with Crippen LogP contribution in [0.5, 0.6) is 0 Å². The highest BCUT2D eigenvalue weighted by atomic mass is 32.2. The lowest BCUT2D eigenvalue weighted by Crippen LogP contribution is -2.31. The average Bonchev–Trinajstić information content (AvgIpc) is 2.47. The summed E-state index contributed by atoms with van der Waals surface area (Å²) in [6.07, 6.45) is 1.40. The number of ether oxygens (including phenoxy) is 1. The van der Waals surface area contributed by atoms with Gasteiger partial charge in [0.1, 0.15) is 6.10 Å². The minimum absolute atomic E-state index is 0.0477. The molecule has 1 aromatic heterocycles. The molecule has 2 heterocycles. The molecule has 3 rings (SSSR count). The van der Waals surface area contributed by atoms with Crippen LogP contribution in [0.15, 0.2) is 36.5 Å². The van der Waals surface area contributed by atoms with Crippen molar-refractivity contribution in [2.24, 2.45) is 0 Å². The van der Waals surface area contributed by atoms with Crippen molar-refractivity contribution in [3.05, 3.63) is 42.1 Å². The molecule has 1 atom stereocenters. The number of benzene rings is 1. The summed E-state index contributed by atoms with van der Waals surface area (Å²) in [7, 11) is 0. The number of nitrogens with zero attached hydrogens (tertiary/aromatic N) is 1. The van der Waals surface area contributed by atoms with Gasteiger partial charge in [0.2, 0.25) is 0 Å². The molecule has 0 amide bonds. The summed E-state index contributed by atoms with van der Waals surface area (Å²) >= 11 is 1.77. The Morgan fingerprint density at radius 3 is 3.06 bits per heavy atom. The van der Waals surface area contributed by atoms with Gasteiger partial charge in [0, 0.05) is 28.7 Å². The normalized spacial score (nSPS) is 19.9. The molecule has 0 spiro atoms. The van der Waals surface area contributed by atoms with E-state index in [1.165, 1.54) is 0 Å². The van der Waals surface area contributed by atoms with Gasteiger partial charge in [-0.1, -0.05) is 18.2 Å². The number of Topliss-reactive ketones (excluding diaryl/α,β-unsaturated/α-hetero) is 1. The van der Waals surface area contributed by atoms with Crippen molar-refractivity contribution in [3.63, 3.8) is 0 Å². The summed E-state index contributed by atoms with van der Waals surface area (Å²) in [5, 5.41) is 0.992. The fourth-order valence-electron chi connectivity index (χ4n) is 2.12. The lowest BCUT2D eigenvalue weighted by atomic mass is 10.0. The van der Waals surface area contributed by atoms with Crippen LogP contribution in [0.3, 0.4) is 0 Å². The van der Waals surface area contributed by atoms with Gasteiger partial charge in [-0.15, -0.1) is 0 Å². The van der Waals surface area contributed by atoms with E-state index in [9.17, 15) is 4.79 Å². The minimum atomic E-state index is -0.323. The number of fused-ring (bicyclic) bond motifs is 1. The summed E-state index contributed by atoms with van der Waals surface area (Å²) < 4.78 is 5.54. The molecule has 2 aromatic rings. The predicted molar refractivity (Wildman–Crippen MR) is 73.1 cm³/mol. The van der Waals surface area contributed by atoms with Crippen molar-refractivity contribution in [1.29, 1.82) is 0 Å². The van der Waals surface area contributed by atoms with Crippen molar-refractivity contribution >= 4 is 28.4 Å². The van der Waals surface area contributed by atoms with Gasteiger partial charge in [0.25, 0.3) is 0 Å². The number of hydrogen-bond acceptors (Lipinski definition) is 4. The molecule has 4 heteroatoms. The van der Waals surface area contributed by atoms with Gasteiger partial charge in [-0.2, -0.15) is 11.8 Å². The first-order valence-electron chi connectivity index (χ1n) is 5.93. The molecule has 1 fully saturated rings. The molecule has 0 radical (unpaired) electrons. The fraction of sp³-hybridized carbons (Fsp3) is 0.286. The predicted octanol–water partition coefficient (Wildman–Crippen LogP) is 2.55. The number of carbonyl (C=O) groups excluding carboxylic acids is 1. The first-order valence-corrected chi connectivity index (χ1v) is 7.09. The van der Waals surface area contributed by atoms with Crippen molar-refractivity contribution < 1.29 is 9.53 Å². The van der Waals surface area contributed by atoms with E-state index in [1.807, 2.05) is 30.3 Å². The lowest BCUT2D eigenvalue weighted by molar-refractivity contribution is 0.0520. The topological polar surface area (TPSA) is 39.2 Å². The summed E-state index contributed by atoms with van der Waals surface area (Å²) in [4.78, 5) is 16.7. The SMILES string of the molecule is O=C(c1cccc2cccnc12)C1CSCCO1. The monoisotopic (exact) mass is 259 g/mol. The Labute approximate surface area is 110 Å². The molecule has 1 aliphatic rings. The van der Waals surface area contributed by atoms with Gasteiger partial charge >= 0.3 is 0 Å². The van der Waals surface area contributed by atoms with Crippen LogP contribution in [-0.4, -0.2) is 35.0 Å². The molecular formula is C14H13NO2S. The Bertz CT molecular complexity index is 574. The molecule has 3 nitrogen and oxygen atoms in total. The zero-order valence-corrected chi connectivity index (χ0v) is 10.7. The fourth-order valence-corrected chi connectivity index (χ4v) is 2.96. The number of hydrogen-bond donors (Lipinski definition) is 0. The molecule has 1 aliphatic heterocycles. The molecule has 0 aliphatic carbocycles. The second kappa shape index (κ2) is 5.08. The van der Waals surface area contributed by atoms with Crippen LogP contribution in [0, 0.1) is 0 Å². The highest BCUT2D eigenvalue weighted by Crippen LogP contribution is 2.21. The molecule has 0 saturated carbocycles. The van der Waals surface area contributed by atoms with E-state index in [1.54, 1.807) is 18.0 Å². The Balaban J connectivity index is 2.00. The zero-order chi connectivity index (χ0) is 12.4. The van der Waals surface area contributed by atoms with E-state index in [0.29, 0.717) is 12.2 Å². The van der Waals surface area contributed by atoms with E-state index in [4.69, 9.17) is 4.74 Å². The van der Waals surface area contributed by atoms with Crippen molar-refractivity contribution in [2.45, 2.75) is 6.10 Å². The highest BCUT2D eigenvalue weighted by Gasteiger charge is 2.25. The Kier molecular flexibility index (Phi) is 3.30. The van der Waals surface area contributed by atoms with Crippen molar-refractivity contribution in [3.8, 4) is 0 Å². The van der Waals surface area contributed by atoms with Gasteiger partial charge in [-0.05, 0) is 12.1 Å². The third-order valence-electron chi connectivity index (χ3n) is 3.01. The van der Waals surface area contributed by atoms with Gasteiger partial charge in [0.15, 0.2) is 5.78 Å². The third kappa shape index (κ3) is 2.13. The molecular weight excluding hydrogens is 246 g/mol. The van der Waals surface area contributed by atoms with E-state index in [-0.39, 0.29) is 11.9 Å². The number of para-hydroxylation sites is 1. The summed E-state index contributed by atoms with van der Waals surface area (Å²) in [5.41, 5.74) is 1.43. The van der Waals surface area contributed by atoms with Crippen LogP contribution in [0.2, 0.25) is 0 Å². The minimum Gasteiger partial charge on any atom is -0.368 e. The van der Waals surface area contributed by atoms with Crippen LogP contribution in [0.25, 0.3) is 10.9 Å². The Morgan fingerprint density at radius 1 is 1.33 bits per heavy atom. The highest BCUT2D eigenvalue weighted by molar-refractivity contribution is 7.99. The maximum absolute atomic E-state index is 12.4. The number of rotatable bonds is 2. The van der Waals surface area contributed by atoms with Crippen LogP contribution in [0.1, 0.15) is 10.4 Å². The summed E-state index contributed by atoms with van der Waals surface area (Å²) in [6.45, 7) is 0.652. The van der Waals surface area contributed by atoms with E-state index < -0.39 is 0 Å². The van der Waals surface area contributed by atoms with E-state index >= 15 is 0 Å². The molecule has 92 valence electrons. The first-order chi connectivity index (χ1) is 8.86. The number of carbonyl (C=O) groups is 1. The zero-order valence-electron chi connectivity index (χ0n) is 9.83. The quantitative estimate of drug-likeness (QED) is 0.777. The lowest BCUT2D eigenvalue weighted by Gasteiger charge is -2.21. The molecule has 18 heavy (non-hydrogen) atoms. The molecule has 0 bridgehead atoms. The van der Waals surface area contributed by atoms with Gasteiger partial charge in [0.05, 0.1) is 12.1 Å². The maximum atomic E-state index is 12.4. The van der Waals surface area contributed by atoms with Gasteiger partial charge in [-0.25, -0.2) is 0 Å². The number of thioether (sulfide) groups is 1. The molecule has 1 aromatic carbocycles. The Hall–Kier alpha value is -1.39. The maximum Gasteiger partial charge on any atom is 0.194 e. The number of ketones is 1. The largest absolute Gasteiger partial charge is 0.368 e. The van der Waals surface area contributed by atoms with Gasteiger partial charge < -0.3 is 4.74 Å². The summed E-state index contributed by atoms with van der Waals surface area (Å²) in [6, 6.07) is 9.54. The van der Waals surface area contributed by atoms with Crippen LogP contribution in [-0.2, 0) is 4.74 Å². The molecule has 1 unspecified atom stereocenters. The second-order valence-corrected chi connectivity index (χ2v) is 5.33. The van der Waals surface area contributed by atoms with E-state index in [0.717, 1.165) is 22.4 Å². The molecule has 1 saturated heterocycles.